The summed E-state index contributed by atoms with van der Waals surface area (Å²) in [6, 6.07) is 11.2. The summed E-state index contributed by atoms with van der Waals surface area (Å²) < 4.78 is 11.3. The van der Waals surface area contributed by atoms with Gasteiger partial charge in [-0.1, -0.05) is 6.07 Å². The lowest BCUT2D eigenvalue weighted by molar-refractivity contribution is 0.0827. The van der Waals surface area contributed by atoms with E-state index in [1.165, 1.54) is 23.1 Å². The third-order valence-electron chi connectivity index (χ3n) is 3.99. The highest BCUT2D eigenvalue weighted by atomic mass is 16.5. The summed E-state index contributed by atoms with van der Waals surface area (Å²) in [4.78, 5) is 22.0. The molecule has 2 aromatic rings. The number of hydrogen-bond acceptors (Lipinski definition) is 7. The van der Waals surface area contributed by atoms with E-state index in [0.717, 1.165) is 0 Å². The minimum atomic E-state index is -0.144. The summed E-state index contributed by atoms with van der Waals surface area (Å²) in [5.74, 6) is 0.468. The first-order chi connectivity index (χ1) is 13.8. The lowest BCUT2D eigenvalue weighted by atomic mass is 10.2. The molecule has 1 amide bonds. The third-order valence-corrected chi connectivity index (χ3v) is 3.99. The number of nitrogens with one attached hydrogen (secondary N) is 1. The molecule has 0 aliphatic carbocycles. The molecule has 9 nitrogen and oxygen atoms in total. The molecular formula is C20H21N5O4. The quantitative estimate of drug-likeness (QED) is 0.538. The highest BCUT2D eigenvalue weighted by Gasteiger charge is 2.16. The number of aromatic hydroxyl groups is 1. The Kier molecular flexibility index (Phi) is 5.77. The Bertz CT molecular complexity index is 1010. The lowest BCUT2D eigenvalue weighted by Crippen LogP contribution is -2.22. The number of phenolic OH excluding ortho intramolecular Hbond substituents is 1. The smallest absolute Gasteiger partial charge is 0.320 e. The van der Waals surface area contributed by atoms with Crippen molar-refractivity contribution in [3.05, 3.63) is 53.6 Å². The molecule has 1 aliphatic rings. The van der Waals surface area contributed by atoms with E-state index in [0.29, 0.717) is 35.7 Å². The largest absolute Gasteiger partial charge is 0.504 e. The second kappa shape index (κ2) is 8.42. The van der Waals surface area contributed by atoms with Crippen molar-refractivity contribution in [1.29, 1.82) is 5.41 Å². The number of nitrogen functional groups attached to an aromatic ring is 1. The van der Waals surface area contributed by atoms with Crippen LogP contribution in [-0.2, 0) is 0 Å². The summed E-state index contributed by atoms with van der Waals surface area (Å²) in [5.41, 5.74) is 6.38. The van der Waals surface area contributed by atoms with Gasteiger partial charge in [0.15, 0.2) is 11.5 Å². The van der Waals surface area contributed by atoms with Crippen LogP contribution in [0.3, 0.4) is 0 Å². The molecule has 0 atom stereocenters. The first kappa shape index (κ1) is 19.9. The van der Waals surface area contributed by atoms with E-state index in [-0.39, 0.29) is 29.3 Å². The van der Waals surface area contributed by atoms with Gasteiger partial charge in [-0.3, -0.25) is 10.2 Å². The fourth-order valence-corrected chi connectivity index (χ4v) is 2.52. The molecule has 3 rings (SSSR count). The van der Waals surface area contributed by atoms with Gasteiger partial charge in [0.1, 0.15) is 11.6 Å². The maximum absolute atomic E-state index is 12.1. The molecule has 0 spiro atoms. The van der Waals surface area contributed by atoms with Crippen LogP contribution in [0.1, 0.15) is 22.3 Å². The summed E-state index contributed by atoms with van der Waals surface area (Å²) in [6.45, 7) is 0.387. The molecule has 29 heavy (non-hydrogen) atoms. The summed E-state index contributed by atoms with van der Waals surface area (Å²) in [6.07, 6.45) is 0.412. The number of nitrogens with two attached hydrogens (primary N) is 1. The highest BCUT2D eigenvalue weighted by molar-refractivity contribution is 5.97. The van der Waals surface area contributed by atoms with E-state index in [1.807, 2.05) is 0 Å². The number of amidine groups is 2. The zero-order valence-electron chi connectivity index (χ0n) is 16.0. The van der Waals surface area contributed by atoms with Crippen molar-refractivity contribution in [1.82, 2.24) is 4.90 Å². The Morgan fingerprint density at radius 3 is 2.69 bits per heavy atom. The molecule has 1 heterocycles. The Balaban J connectivity index is 1.76. The van der Waals surface area contributed by atoms with E-state index < -0.39 is 0 Å². The molecule has 2 aromatic carbocycles. The number of rotatable bonds is 4. The molecule has 9 heteroatoms. The normalized spacial score (nSPS) is 13.2. The first-order valence-electron chi connectivity index (χ1n) is 8.80. The Morgan fingerprint density at radius 2 is 1.97 bits per heavy atom. The number of carbonyl (C=O) groups excluding carboxylic acids is 1. The number of amides is 1. The van der Waals surface area contributed by atoms with Gasteiger partial charge in [-0.2, -0.15) is 4.99 Å². The minimum absolute atomic E-state index is 0.0860. The predicted molar refractivity (Wildman–Crippen MR) is 109 cm³/mol. The van der Waals surface area contributed by atoms with Gasteiger partial charge in [0.25, 0.3) is 5.91 Å². The zero-order chi connectivity index (χ0) is 21.0. The van der Waals surface area contributed by atoms with Crippen molar-refractivity contribution >= 4 is 23.7 Å². The number of benzene rings is 2. The first-order valence-corrected chi connectivity index (χ1v) is 8.80. The Labute approximate surface area is 167 Å². The van der Waals surface area contributed by atoms with E-state index in [2.05, 4.69) is 9.98 Å². The van der Waals surface area contributed by atoms with Crippen LogP contribution in [0.25, 0.3) is 0 Å². The molecular weight excluding hydrogens is 374 g/mol. The van der Waals surface area contributed by atoms with Gasteiger partial charge in [0, 0.05) is 31.6 Å². The molecule has 150 valence electrons. The fourth-order valence-electron chi connectivity index (χ4n) is 2.52. The van der Waals surface area contributed by atoms with E-state index in [1.54, 1.807) is 38.4 Å². The van der Waals surface area contributed by atoms with E-state index in [4.69, 9.17) is 20.6 Å². The van der Waals surface area contributed by atoms with Crippen molar-refractivity contribution in [2.75, 3.05) is 20.6 Å². The molecule has 0 saturated carbocycles. The number of carbonyl (C=O) groups is 1. The molecule has 0 fully saturated rings. The predicted octanol–water partition coefficient (Wildman–Crippen LogP) is 1.99. The monoisotopic (exact) mass is 395 g/mol. The Hall–Kier alpha value is -3.88. The summed E-state index contributed by atoms with van der Waals surface area (Å²) in [5, 5.41) is 17.5. The van der Waals surface area contributed by atoms with Crippen LogP contribution >= 0.6 is 0 Å². The topological polar surface area (TPSA) is 134 Å². The van der Waals surface area contributed by atoms with Crippen LogP contribution < -0.4 is 15.2 Å². The molecule has 1 aliphatic heterocycles. The van der Waals surface area contributed by atoms with Crippen LogP contribution in [0.4, 0.5) is 0 Å². The van der Waals surface area contributed by atoms with Crippen molar-refractivity contribution < 1.29 is 19.4 Å². The van der Waals surface area contributed by atoms with Crippen LogP contribution in [-0.4, -0.2) is 54.3 Å². The SMILES string of the molecule is CN(C)C(=O)c1cccc(OC2=NCCC(Oc3cc(C(=N)N)ccc3O)=N2)c1. The van der Waals surface area contributed by atoms with E-state index in [9.17, 15) is 9.90 Å². The number of ether oxygens (including phenoxy) is 2. The average molecular weight is 395 g/mol. The number of phenols is 1. The van der Waals surface area contributed by atoms with Gasteiger partial charge >= 0.3 is 6.02 Å². The summed E-state index contributed by atoms with van der Waals surface area (Å²) >= 11 is 0. The molecule has 0 bridgehead atoms. The lowest BCUT2D eigenvalue weighted by Gasteiger charge is -2.15. The van der Waals surface area contributed by atoms with Gasteiger partial charge in [-0.25, -0.2) is 4.99 Å². The third kappa shape index (κ3) is 4.89. The number of hydrogen-bond donors (Lipinski definition) is 3. The standard InChI is InChI=1S/C20H21N5O4/c1-25(2)19(27)13-4-3-5-14(10-13)28-20-23-9-8-17(24-20)29-16-11-12(18(21)22)6-7-15(16)26/h3-7,10-11,26H,8-9H2,1-2H3,(H3,21,22). The van der Waals surface area contributed by atoms with Crippen molar-refractivity contribution in [3.63, 3.8) is 0 Å². The van der Waals surface area contributed by atoms with Crippen molar-refractivity contribution in [2.24, 2.45) is 15.7 Å². The summed E-state index contributed by atoms with van der Waals surface area (Å²) in [7, 11) is 3.34. The zero-order valence-corrected chi connectivity index (χ0v) is 16.0. The van der Waals surface area contributed by atoms with Crippen LogP contribution in [0.2, 0.25) is 0 Å². The van der Waals surface area contributed by atoms with Gasteiger partial charge < -0.3 is 25.2 Å². The highest BCUT2D eigenvalue weighted by Crippen LogP contribution is 2.27. The minimum Gasteiger partial charge on any atom is -0.504 e. The molecule has 4 N–H and O–H groups in total. The maximum atomic E-state index is 12.1. The molecule has 0 saturated heterocycles. The molecule has 0 aromatic heterocycles. The van der Waals surface area contributed by atoms with Crippen LogP contribution in [0, 0.1) is 5.41 Å². The number of aliphatic imine (C=N–C) groups is 2. The molecule has 0 unspecified atom stereocenters. The van der Waals surface area contributed by atoms with Crippen LogP contribution in [0.5, 0.6) is 17.2 Å². The maximum Gasteiger partial charge on any atom is 0.320 e. The van der Waals surface area contributed by atoms with Gasteiger partial charge in [0.05, 0.1) is 6.54 Å². The van der Waals surface area contributed by atoms with E-state index >= 15 is 0 Å². The van der Waals surface area contributed by atoms with Crippen molar-refractivity contribution in [2.45, 2.75) is 6.42 Å². The second-order valence-electron chi connectivity index (χ2n) is 6.45. The second-order valence-corrected chi connectivity index (χ2v) is 6.45. The van der Waals surface area contributed by atoms with Crippen LogP contribution in [0.15, 0.2) is 52.4 Å². The average Bonchev–Trinajstić information content (AvgIpc) is 2.69. The van der Waals surface area contributed by atoms with Gasteiger partial charge in [0.2, 0.25) is 5.90 Å². The fraction of sp³-hybridized carbons (Fsp3) is 0.200. The molecule has 0 radical (unpaired) electrons. The Morgan fingerprint density at radius 1 is 1.17 bits per heavy atom. The number of nitrogens with zero attached hydrogens (tertiary/aromatic N) is 3. The van der Waals surface area contributed by atoms with Gasteiger partial charge in [-0.15, -0.1) is 0 Å². The van der Waals surface area contributed by atoms with Gasteiger partial charge in [-0.05, 0) is 36.4 Å². The van der Waals surface area contributed by atoms with Crippen molar-refractivity contribution in [3.8, 4) is 17.2 Å².